The van der Waals surface area contributed by atoms with Crippen LogP contribution in [0.4, 0.5) is 0 Å². The quantitative estimate of drug-likeness (QED) is 0.0896. The van der Waals surface area contributed by atoms with Crippen molar-refractivity contribution >= 4 is 27.7 Å². The molecule has 0 amide bonds. The largest absolute Gasteiger partial charge is 0.494 e. The molecule has 0 aromatic heterocycles. The summed E-state index contributed by atoms with van der Waals surface area (Å²) in [5.74, 6) is -0.101. The van der Waals surface area contributed by atoms with E-state index < -0.39 is 27.7 Å². The highest BCUT2D eigenvalue weighted by Crippen LogP contribution is 2.25. The molecule has 0 N–H and O–H groups in total. The van der Waals surface area contributed by atoms with Crippen LogP contribution in [0.1, 0.15) is 44.6 Å². The summed E-state index contributed by atoms with van der Waals surface area (Å²) in [6, 6.07) is 18.7. The molecule has 0 aliphatic carbocycles. The topological polar surface area (TPSA) is 122 Å². The average molecular weight is 595 g/mol. The molecule has 3 rings (SSSR count). The number of benzene rings is 3. The summed E-state index contributed by atoms with van der Waals surface area (Å²) in [4.78, 5) is 34.4. The Morgan fingerprint density at radius 1 is 0.714 bits per heavy atom. The summed E-state index contributed by atoms with van der Waals surface area (Å²) in [6.07, 6.45) is 5.39. The van der Waals surface area contributed by atoms with Gasteiger partial charge in [0.15, 0.2) is 0 Å². The Kier molecular flexibility index (Phi) is 12.3. The zero-order chi connectivity index (χ0) is 30.4. The molecule has 0 unspecified atom stereocenters. The van der Waals surface area contributed by atoms with Gasteiger partial charge in [-0.15, -0.1) is 0 Å². The molecule has 0 radical (unpaired) electrons. The fraction of sp³-hybridized carbons (Fsp3) is 0.281. The van der Waals surface area contributed by atoms with Crippen LogP contribution in [0.2, 0.25) is 0 Å². The number of hydrogen-bond donors (Lipinski definition) is 0. The Morgan fingerprint density at radius 3 is 1.79 bits per heavy atom. The molecule has 0 heterocycles. The first-order chi connectivity index (χ1) is 20.2. The van der Waals surface area contributed by atoms with Crippen LogP contribution in [-0.4, -0.2) is 39.5 Å². The van der Waals surface area contributed by atoms with Crippen molar-refractivity contribution in [3.8, 4) is 17.2 Å². The molecule has 0 aliphatic heterocycles. The van der Waals surface area contributed by atoms with Gasteiger partial charge in [0.2, 0.25) is 9.84 Å². The van der Waals surface area contributed by atoms with Crippen molar-refractivity contribution in [2.45, 2.75) is 55.2 Å². The van der Waals surface area contributed by atoms with E-state index in [1.165, 1.54) is 55.5 Å². The Hall–Kier alpha value is -4.44. The number of esters is 3. The van der Waals surface area contributed by atoms with Gasteiger partial charge < -0.3 is 18.9 Å². The van der Waals surface area contributed by atoms with Gasteiger partial charge in [0.05, 0.1) is 23.0 Å². The van der Waals surface area contributed by atoms with E-state index in [0.29, 0.717) is 19.6 Å². The monoisotopic (exact) mass is 594 g/mol. The number of unbranched alkanes of at least 4 members (excludes halogenated alkanes) is 3. The van der Waals surface area contributed by atoms with E-state index in [9.17, 15) is 22.8 Å². The molecular weight excluding hydrogens is 560 g/mol. The molecule has 10 heteroatoms. The lowest BCUT2D eigenvalue weighted by molar-refractivity contribution is -0.138. The number of carbonyl (C=O) groups is 3. The fourth-order valence-electron chi connectivity index (χ4n) is 3.84. The Labute approximate surface area is 246 Å². The van der Waals surface area contributed by atoms with Gasteiger partial charge in [0.1, 0.15) is 17.2 Å². The molecule has 3 aromatic rings. The number of carbonyl (C=O) groups excluding carboxylic acids is 3. The molecule has 9 nitrogen and oxygen atoms in total. The predicted octanol–water partition coefficient (Wildman–Crippen LogP) is 5.65. The van der Waals surface area contributed by atoms with Gasteiger partial charge in [-0.25, -0.2) is 13.2 Å². The number of sulfone groups is 1. The van der Waals surface area contributed by atoms with Crippen molar-refractivity contribution < 1.29 is 41.7 Å². The van der Waals surface area contributed by atoms with Gasteiger partial charge >= 0.3 is 17.9 Å². The lowest BCUT2D eigenvalue weighted by atomic mass is 10.1. The van der Waals surface area contributed by atoms with Crippen molar-refractivity contribution in [2.75, 3.05) is 13.2 Å². The third-order valence-electron chi connectivity index (χ3n) is 6.02. The van der Waals surface area contributed by atoms with Crippen molar-refractivity contribution in [3.05, 3.63) is 91.0 Å². The van der Waals surface area contributed by atoms with Crippen LogP contribution in [0.5, 0.6) is 17.2 Å². The smallest absolute Gasteiger partial charge is 0.330 e. The molecule has 0 aliphatic rings. The lowest BCUT2D eigenvalue weighted by Crippen LogP contribution is -2.09. The highest BCUT2D eigenvalue weighted by atomic mass is 32.2. The van der Waals surface area contributed by atoms with Crippen molar-refractivity contribution in [1.29, 1.82) is 0 Å². The maximum atomic E-state index is 12.9. The maximum Gasteiger partial charge on any atom is 0.330 e. The molecular formula is C32H34O9S. The van der Waals surface area contributed by atoms with Crippen LogP contribution in [-0.2, 0) is 35.4 Å². The van der Waals surface area contributed by atoms with Gasteiger partial charge in [-0.2, -0.15) is 0 Å². The highest BCUT2D eigenvalue weighted by molar-refractivity contribution is 7.91. The first kappa shape index (κ1) is 32.1. The highest BCUT2D eigenvalue weighted by Gasteiger charge is 2.18. The van der Waals surface area contributed by atoms with Crippen LogP contribution >= 0.6 is 0 Å². The molecule has 0 fully saturated rings. The summed E-state index contributed by atoms with van der Waals surface area (Å²) in [5.41, 5.74) is 0.953. The van der Waals surface area contributed by atoms with E-state index in [2.05, 4.69) is 6.58 Å². The summed E-state index contributed by atoms with van der Waals surface area (Å²) >= 11 is 0. The summed E-state index contributed by atoms with van der Waals surface area (Å²) in [5, 5.41) is 0. The molecule has 3 aromatic carbocycles. The van der Waals surface area contributed by atoms with Crippen LogP contribution in [0.3, 0.4) is 0 Å². The minimum Gasteiger partial charge on any atom is -0.494 e. The zero-order valence-electron chi connectivity index (χ0n) is 23.5. The number of hydrogen-bond acceptors (Lipinski definition) is 9. The van der Waals surface area contributed by atoms with Crippen LogP contribution in [0.15, 0.2) is 95.2 Å². The van der Waals surface area contributed by atoms with Crippen LogP contribution in [0.25, 0.3) is 0 Å². The van der Waals surface area contributed by atoms with Gasteiger partial charge in [-0.1, -0.05) is 18.7 Å². The summed E-state index contributed by atoms with van der Waals surface area (Å²) < 4.78 is 46.8. The first-order valence-corrected chi connectivity index (χ1v) is 15.0. The first-order valence-electron chi connectivity index (χ1n) is 13.5. The van der Waals surface area contributed by atoms with Crippen LogP contribution < -0.4 is 14.2 Å². The van der Waals surface area contributed by atoms with Crippen LogP contribution in [0, 0.1) is 0 Å². The van der Waals surface area contributed by atoms with E-state index in [1.807, 2.05) is 24.3 Å². The van der Waals surface area contributed by atoms with Crippen molar-refractivity contribution in [3.63, 3.8) is 0 Å². The third-order valence-corrected chi connectivity index (χ3v) is 7.81. The van der Waals surface area contributed by atoms with E-state index >= 15 is 0 Å². The van der Waals surface area contributed by atoms with Gasteiger partial charge in [0, 0.05) is 19.4 Å². The summed E-state index contributed by atoms with van der Waals surface area (Å²) in [7, 11) is -3.80. The molecule has 0 saturated heterocycles. The standard InChI is InChI=1S/C32H34O9S/c1-3-31(34)39-23-7-5-4-6-22-38-26-11-8-25(9-12-26)10-21-32(35)41-28-15-19-30(20-16-28)42(36,37)29-17-13-27(14-18-29)40-24(2)33/h3,8-9,11-20H,1,4-7,10,21-23H2,2H3. The minimum atomic E-state index is -3.80. The lowest BCUT2D eigenvalue weighted by Gasteiger charge is -2.09. The minimum absolute atomic E-state index is 0.0383. The predicted molar refractivity (Wildman–Crippen MR) is 155 cm³/mol. The van der Waals surface area contributed by atoms with E-state index in [-0.39, 0.29) is 27.7 Å². The Balaban J connectivity index is 1.38. The molecule has 0 atom stereocenters. The van der Waals surface area contributed by atoms with Gasteiger partial charge in [-0.3, -0.25) is 9.59 Å². The Bertz CT molecular complexity index is 1440. The van der Waals surface area contributed by atoms with Gasteiger partial charge in [0.25, 0.3) is 0 Å². The molecule has 42 heavy (non-hydrogen) atoms. The maximum absolute atomic E-state index is 12.9. The molecule has 0 saturated carbocycles. The van der Waals surface area contributed by atoms with E-state index in [0.717, 1.165) is 43.1 Å². The average Bonchev–Trinajstić information content (AvgIpc) is 2.98. The molecule has 222 valence electrons. The van der Waals surface area contributed by atoms with Crippen molar-refractivity contribution in [2.24, 2.45) is 0 Å². The fourth-order valence-corrected chi connectivity index (χ4v) is 5.10. The number of ether oxygens (including phenoxy) is 4. The van der Waals surface area contributed by atoms with E-state index in [1.54, 1.807) is 0 Å². The number of rotatable bonds is 16. The Morgan fingerprint density at radius 2 is 1.24 bits per heavy atom. The zero-order valence-corrected chi connectivity index (χ0v) is 24.3. The second-order valence-corrected chi connectivity index (χ2v) is 11.2. The molecule has 0 bridgehead atoms. The second kappa shape index (κ2) is 16.1. The summed E-state index contributed by atoms with van der Waals surface area (Å²) in [6.45, 7) is 5.60. The van der Waals surface area contributed by atoms with E-state index in [4.69, 9.17) is 18.9 Å². The SMILES string of the molecule is C=CC(=O)OCCCCCCOc1ccc(CCC(=O)Oc2ccc(S(=O)(=O)c3ccc(OC(C)=O)cc3)cc2)cc1. The van der Waals surface area contributed by atoms with Gasteiger partial charge in [-0.05, 0) is 98.3 Å². The number of aryl methyl sites for hydroxylation is 1. The normalized spacial score (nSPS) is 10.9. The molecule has 0 spiro atoms. The van der Waals surface area contributed by atoms with Crippen molar-refractivity contribution in [1.82, 2.24) is 0 Å². The second-order valence-electron chi connectivity index (χ2n) is 9.29. The third kappa shape index (κ3) is 10.5.